The first kappa shape index (κ1) is 12.7. The number of rotatable bonds is 2. The van der Waals surface area contributed by atoms with Crippen molar-refractivity contribution in [2.24, 2.45) is 5.73 Å². The minimum Gasteiger partial charge on any atom is -0.320 e. The number of hydrogen-bond donors (Lipinski definition) is 1. The molecule has 2 aromatic carbocycles. The van der Waals surface area contributed by atoms with Crippen molar-refractivity contribution in [1.29, 1.82) is 0 Å². The van der Waals surface area contributed by atoms with Crippen LogP contribution in [0.15, 0.2) is 36.4 Å². The Labute approximate surface area is 105 Å². The summed E-state index contributed by atoms with van der Waals surface area (Å²) in [6.07, 6.45) is 0. The maximum atomic E-state index is 13.7. The van der Waals surface area contributed by atoms with Crippen LogP contribution < -0.4 is 5.73 Å². The van der Waals surface area contributed by atoms with E-state index in [1.165, 1.54) is 6.07 Å². The molecule has 0 saturated heterocycles. The average molecular weight is 247 g/mol. The van der Waals surface area contributed by atoms with E-state index in [0.29, 0.717) is 16.7 Å². The Bertz CT molecular complexity index is 555. The number of halogens is 2. The molecule has 0 heterocycles. The van der Waals surface area contributed by atoms with E-state index in [1.54, 1.807) is 44.2 Å². The molecule has 0 aliphatic heterocycles. The molecule has 1 unspecified atom stereocenters. The highest BCUT2D eigenvalue weighted by atomic mass is 19.1. The SMILES string of the molecule is Cc1cc(C(N)c2ccccc2F)cc(C)c1F. The second-order valence-corrected chi connectivity index (χ2v) is 4.47. The maximum Gasteiger partial charge on any atom is 0.129 e. The van der Waals surface area contributed by atoms with E-state index in [2.05, 4.69) is 0 Å². The Morgan fingerprint density at radius 1 is 1.00 bits per heavy atom. The van der Waals surface area contributed by atoms with Crippen molar-refractivity contribution in [2.75, 3.05) is 0 Å². The molecule has 0 aliphatic carbocycles. The second-order valence-electron chi connectivity index (χ2n) is 4.47. The number of benzene rings is 2. The van der Waals surface area contributed by atoms with Crippen molar-refractivity contribution in [3.05, 3.63) is 70.3 Å². The van der Waals surface area contributed by atoms with E-state index < -0.39 is 6.04 Å². The standard InChI is InChI=1S/C15H15F2N/c1-9-7-11(8-10(2)14(9)17)15(18)12-5-3-4-6-13(12)16/h3-8,15H,18H2,1-2H3. The molecule has 1 nitrogen and oxygen atoms in total. The lowest BCUT2D eigenvalue weighted by Crippen LogP contribution is -2.14. The average Bonchev–Trinajstić information content (AvgIpc) is 2.35. The van der Waals surface area contributed by atoms with Crippen LogP contribution in [0, 0.1) is 25.5 Å². The van der Waals surface area contributed by atoms with Gasteiger partial charge >= 0.3 is 0 Å². The third kappa shape index (κ3) is 2.27. The zero-order valence-electron chi connectivity index (χ0n) is 10.4. The molecule has 2 N–H and O–H groups in total. The van der Waals surface area contributed by atoms with Crippen molar-refractivity contribution in [3.8, 4) is 0 Å². The summed E-state index contributed by atoms with van der Waals surface area (Å²) >= 11 is 0. The van der Waals surface area contributed by atoms with Gasteiger partial charge in [-0.2, -0.15) is 0 Å². The van der Waals surface area contributed by atoms with Crippen LogP contribution in [-0.4, -0.2) is 0 Å². The van der Waals surface area contributed by atoms with E-state index in [1.807, 2.05) is 0 Å². The molecular formula is C15H15F2N. The van der Waals surface area contributed by atoms with Crippen molar-refractivity contribution in [2.45, 2.75) is 19.9 Å². The van der Waals surface area contributed by atoms with Crippen LogP contribution in [0.2, 0.25) is 0 Å². The summed E-state index contributed by atoms with van der Waals surface area (Å²) < 4.78 is 27.2. The van der Waals surface area contributed by atoms with Crippen LogP contribution >= 0.6 is 0 Å². The van der Waals surface area contributed by atoms with Gasteiger partial charge in [-0.15, -0.1) is 0 Å². The number of hydrogen-bond acceptors (Lipinski definition) is 1. The fourth-order valence-corrected chi connectivity index (χ4v) is 2.07. The van der Waals surface area contributed by atoms with Gasteiger partial charge in [0.2, 0.25) is 0 Å². The molecule has 94 valence electrons. The number of aryl methyl sites for hydroxylation is 2. The van der Waals surface area contributed by atoms with E-state index in [9.17, 15) is 8.78 Å². The summed E-state index contributed by atoms with van der Waals surface area (Å²) in [5, 5.41) is 0. The molecule has 3 heteroatoms. The van der Waals surface area contributed by atoms with Crippen molar-refractivity contribution in [1.82, 2.24) is 0 Å². The fourth-order valence-electron chi connectivity index (χ4n) is 2.07. The second kappa shape index (κ2) is 4.86. The lowest BCUT2D eigenvalue weighted by molar-refractivity contribution is 0.595. The number of nitrogens with two attached hydrogens (primary N) is 1. The van der Waals surface area contributed by atoms with Crippen LogP contribution in [0.1, 0.15) is 28.3 Å². The van der Waals surface area contributed by atoms with Crippen molar-refractivity contribution < 1.29 is 8.78 Å². The van der Waals surface area contributed by atoms with Gasteiger partial charge < -0.3 is 5.73 Å². The highest BCUT2D eigenvalue weighted by Gasteiger charge is 2.15. The lowest BCUT2D eigenvalue weighted by atomic mass is 9.96. The molecule has 0 bridgehead atoms. The Balaban J connectivity index is 2.47. The molecular weight excluding hydrogens is 232 g/mol. The van der Waals surface area contributed by atoms with Crippen LogP contribution in [0.5, 0.6) is 0 Å². The zero-order chi connectivity index (χ0) is 13.3. The molecule has 0 aliphatic rings. The molecule has 0 saturated carbocycles. The highest BCUT2D eigenvalue weighted by molar-refractivity contribution is 5.37. The summed E-state index contributed by atoms with van der Waals surface area (Å²) in [6.45, 7) is 3.36. The molecule has 2 rings (SSSR count). The van der Waals surface area contributed by atoms with E-state index in [-0.39, 0.29) is 11.6 Å². The predicted octanol–water partition coefficient (Wildman–Crippen LogP) is 3.63. The van der Waals surface area contributed by atoms with Gasteiger partial charge in [0.25, 0.3) is 0 Å². The molecule has 0 spiro atoms. The van der Waals surface area contributed by atoms with E-state index >= 15 is 0 Å². The lowest BCUT2D eigenvalue weighted by Gasteiger charge is -2.15. The summed E-state index contributed by atoms with van der Waals surface area (Å²) in [5.74, 6) is -0.580. The van der Waals surface area contributed by atoms with Crippen LogP contribution in [0.25, 0.3) is 0 Å². The highest BCUT2D eigenvalue weighted by Crippen LogP contribution is 2.25. The smallest absolute Gasteiger partial charge is 0.129 e. The monoisotopic (exact) mass is 247 g/mol. The summed E-state index contributed by atoms with van der Waals surface area (Å²) in [6, 6.07) is 9.13. The van der Waals surface area contributed by atoms with Gasteiger partial charge in [-0.05, 0) is 36.6 Å². The van der Waals surface area contributed by atoms with Crippen molar-refractivity contribution >= 4 is 0 Å². The molecule has 2 aromatic rings. The first-order valence-corrected chi connectivity index (χ1v) is 5.77. The van der Waals surface area contributed by atoms with Crippen LogP contribution in [-0.2, 0) is 0 Å². The van der Waals surface area contributed by atoms with Gasteiger partial charge in [0.1, 0.15) is 11.6 Å². The fraction of sp³-hybridized carbons (Fsp3) is 0.200. The molecule has 1 atom stereocenters. The normalized spacial score (nSPS) is 12.5. The third-order valence-corrected chi connectivity index (χ3v) is 3.06. The van der Waals surface area contributed by atoms with E-state index in [0.717, 1.165) is 5.56 Å². The van der Waals surface area contributed by atoms with Gasteiger partial charge in [0.05, 0.1) is 6.04 Å². The van der Waals surface area contributed by atoms with Gasteiger partial charge in [-0.25, -0.2) is 8.78 Å². The molecule has 0 amide bonds. The largest absolute Gasteiger partial charge is 0.320 e. The van der Waals surface area contributed by atoms with Crippen molar-refractivity contribution in [3.63, 3.8) is 0 Å². The van der Waals surface area contributed by atoms with Crippen LogP contribution in [0.4, 0.5) is 8.78 Å². The topological polar surface area (TPSA) is 26.0 Å². The molecule has 0 radical (unpaired) electrons. The first-order valence-electron chi connectivity index (χ1n) is 5.77. The van der Waals surface area contributed by atoms with Crippen LogP contribution in [0.3, 0.4) is 0 Å². The van der Waals surface area contributed by atoms with Gasteiger partial charge in [-0.3, -0.25) is 0 Å². The Kier molecular flexibility index (Phi) is 3.43. The predicted molar refractivity (Wildman–Crippen MR) is 68.3 cm³/mol. The van der Waals surface area contributed by atoms with E-state index in [4.69, 9.17) is 5.73 Å². The Morgan fingerprint density at radius 3 is 2.11 bits per heavy atom. The maximum absolute atomic E-state index is 13.7. The quantitative estimate of drug-likeness (QED) is 0.861. The summed E-state index contributed by atoms with van der Waals surface area (Å²) in [7, 11) is 0. The Morgan fingerprint density at radius 2 is 1.56 bits per heavy atom. The van der Waals surface area contributed by atoms with Gasteiger partial charge in [0.15, 0.2) is 0 Å². The summed E-state index contributed by atoms with van der Waals surface area (Å²) in [5.41, 5.74) is 8.23. The molecule has 0 aromatic heterocycles. The minimum absolute atomic E-state index is 0.237. The minimum atomic E-state index is -0.579. The zero-order valence-corrected chi connectivity index (χ0v) is 10.4. The van der Waals surface area contributed by atoms with Gasteiger partial charge in [-0.1, -0.05) is 30.3 Å². The first-order chi connectivity index (χ1) is 8.50. The third-order valence-electron chi connectivity index (χ3n) is 3.06. The Hall–Kier alpha value is -1.74. The molecule has 18 heavy (non-hydrogen) atoms. The summed E-state index contributed by atoms with van der Waals surface area (Å²) in [4.78, 5) is 0. The van der Waals surface area contributed by atoms with Gasteiger partial charge in [0, 0.05) is 5.56 Å². The molecule has 0 fully saturated rings.